The summed E-state index contributed by atoms with van der Waals surface area (Å²) in [5, 5.41) is 0. The second-order valence-electron chi connectivity index (χ2n) is 8.85. The van der Waals surface area contributed by atoms with Gasteiger partial charge in [-0.2, -0.15) is 0 Å². The molecule has 4 heteroatoms. The lowest BCUT2D eigenvalue weighted by Crippen LogP contribution is -2.12. The Labute approximate surface area is 201 Å². The van der Waals surface area contributed by atoms with Gasteiger partial charge in [0.2, 0.25) is 0 Å². The van der Waals surface area contributed by atoms with Crippen LogP contribution in [0.4, 0.5) is 0 Å². The quantitative estimate of drug-likeness (QED) is 0.179. The zero-order valence-electron chi connectivity index (χ0n) is 21.0. The molecule has 0 aliphatic carbocycles. The Bertz CT molecular complexity index is 770. The Morgan fingerprint density at radius 2 is 1.48 bits per heavy atom. The predicted octanol–water partition coefficient (Wildman–Crippen LogP) is 8.25. The van der Waals surface area contributed by atoms with Crippen LogP contribution in [0.1, 0.15) is 119 Å². The number of esters is 1. The molecule has 0 aliphatic rings. The Balaban J connectivity index is 1.80. The molecular formula is C29H43NO3. The van der Waals surface area contributed by atoms with Crippen LogP contribution >= 0.6 is 0 Å². The zero-order valence-corrected chi connectivity index (χ0v) is 21.0. The molecule has 2 rings (SSSR count). The number of aryl methyl sites for hydroxylation is 1. The van der Waals surface area contributed by atoms with Gasteiger partial charge in [-0.1, -0.05) is 96.4 Å². The molecule has 1 heterocycles. The van der Waals surface area contributed by atoms with E-state index in [-0.39, 0.29) is 6.10 Å². The van der Waals surface area contributed by atoms with Crippen molar-refractivity contribution < 1.29 is 14.3 Å². The summed E-state index contributed by atoms with van der Waals surface area (Å²) in [6.07, 6.45) is 15.7. The third-order valence-corrected chi connectivity index (χ3v) is 6.00. The first-order valence-electron chi connectivity index (χ1n) is 13.1. The van der Waals surface area contributed by atoms with Crippen LogP contribution in [0.25, 0.3) is 0 Å². The third-order valence-electron chi connectivity index (χ3n) is 6.00. The highest BCUT2D eigenvalue weighted by Gasteiger charge is 2.17. The number of aromatic nitrogens is 1. The van der Waals surface area contributed by atoms with Gasteiger partial charge in [0.1, 0.15) is 17.5 Å². The van der Waals surface area contributed by atoms with Gasteiger partial charge in [-0.25, -0.2) is 9.78 Å². The number of nitrogens with zero attached hydrogens (tertiary/aromatic N) is 1. The fourth-order valence-electron chi connectivity index (χ4n) is 3.89. The van der Waals surface area contributed by atoms with Crippen LogP contribution in [0, 0.1) is 0 Å². The maximum atomic E-state index is 12.6. The van der Waals surface area contributed by atoms with Gasteiger partial charge in [-0.15, -0.1) is 0 Å². The number of hydrogen-bond donors (Lipinski definition) is 0. The molecule has 2 aromatic rings. The summed E-state index contributed by atoms with van der Waals surface area (Å²) in [5.41, 5.74) is 2.69. The van der Waals surface area contributed by atoms with E-state index in [0.717, 1.165) is 24.8 Å². The second kappa shape index (κ2) is 16.3. The van der Waals surface area contributed by atoms with Crippen molar-refractivity contribution in [3.8, 4) is 5.75 Å². The molecule has 1 unspecified atom stereocenters. The highest BCUT2D eigenvalue weighted by molar-refractivity contribution is 5.87. The van der Waals surface area contributed by atoms with Crippen molar-refractivity contribution in [1.29, 1.82) is 0 Å². The molecule has 1 aromatic heterocycles. The molecule has 33 heavy (non-hydrogen) atoms. The SMILES string of the molecule is CCCCCCCCc1ccc(C(CC)OC(=O)c2ccc(OCCCCCC)cn2)cc1. The van der Waals surface area contributed by atoms with E-state index in [4.69, 9.17) is 9.47 Å². The molecule has 0 radical (unpaired) electrons. The fraction of sp³-hybridized carbons (Fsp3) is 0.586. The van der Waals surface area contributed by atoms with E-state index in [1.165, 1.54) is 63.4 Å². The highest BCUT2D eigenvalue weighted by atomic mass is 16.5. The summed E-state index contributed by atoms with van der Waals surface area (Å²) in [4.78, 5) is 16.9. The van der Waals surface area contributed by atoms with Gasteiger partial charge in [0.25, 0.3) is 0 Å². The summed E-state index contributed by atoms with van der Waals surface area (Å²) in [7, 11) is 0. The number of carbonyl (C=O) groups excluding carboxylic acids is 1. The Kier molecular flexibility index (Phi) is 13.3. The van der Waals surface area contributed by atoms with E-state index < -0.39 is 5.97 Å². The molecule has 0 aliphatic heterocycles. The maximum Gasteiger partial charge on any atom is 0.357 e. The van der Waals surface area contributed by atoms with Crippen molar-refractivity contribution in [2.45, 2.75) is 104 Å². The summed E-state index contributed by atoms with van der Waals surface area (Å²) < 4.78 is 11.5. The van der Waals surface area contributed by atoms with E-state index in [1.54, 1.807) is 18.3 Å². The van der Waals surface area contributed by atoms with E-state index in [0.29, 0.717) is 18.1 Å². The Morgan fingerprint density at radius 1 is 0.818 bits per heavy atom. The van der Waals surface area contributed by atoms with Gasteiger partial charge in [0.15, 0.2) is 0 Å². The van der Waals surface area contributed by atoms with Crippen LogP contribution in [0.2, 0.25) is 0 Å². The number of unbranched alkanes of at least 4 members (excludes halogenated alkanes) is 8. The fourth-order valence-corrected chi connectivity index (χ4v) is 3.89. The van der Waals surface area contributed by atoms with Crippen molar-refractivity contribution in [2.24, 2.45) is 0 Å². The van der Waals surface area contributed by atoms with E-state index in [2.05, 4.69) is 43.1 Å². The minimum absolute atomic E-state index is 0.267. The molecule has 182 valence electrons. The van der Waals surface area contributed by atoms with E-state index in [9.17, 15) is 4.79 Å². The van der Waals surface area contributed by atoms with Gasteiger partial charge in [0, 0.05) is 0 Å². The number of carbonyl (C=O) groups is 1. The lowest BCUT2D eigenvalue weighted by atomic mass is 10.0. The van der Waals surface area contributed by atoms with Crippen LogP contribution in [0.15, 0.2) is 42.6 Å². The Hall–Kier alpha value is -2.36. The number of ether oxygens (including phenoxy) is 2. The normalized spacial score (nSPS) is 11.8. The van der Waals surface area contributed by atoms with Gasteiger partial charge in [0.05, 0.1) is 12.8 Å². The molecule has 0 bridgehead atoms. The van der Waals surface area contributed by atoms with Crippen molar-refractivity contribution >= 4 is 5.97 Å². The molecule has 0 amide bonds. The van der Waals surface area contributed by atoms with Crippen molar-refractivity contribution in [3.05, 3.63) is 59.4 Å². The van der Waals surface area contributed by atoms with Crippen molar-refractivity contribution in [1.82, 2.24) is 4.98 Å². The zero-order chi connectivity index (χ0) is 23.7. The highest BCUT2D eigenvalue weighted by Crippen LogP contribution is 2.24. The lowest BCUT2D eigenvalue weighted by molar-refractivity contribution is 0.0281. The van der Waals surface area contributed by atoms with Crippen LogP contribution in [0.5, 0.6) is 5.75 Å². The number of pyridine rings is 1. The van der Waals surface area contributed by atoms with Crippen molar-refractivity contribution in [3.63, 3.8) is 0 Å². The summed E-state index contributed by atoms with van der Waals surface area (Å²) in [5.74, 6) is 0.295. The van der Waals surface area contributed by atoms with Gasteiger partial charge >= 0.3 is 5.97 Å². The van der Waals surface area contributed by atoms with Crippen molar-refractivity contribution in [2.75, 3.05) is 6.61 Å². The number of benzene rings is 1. The largest absolute Gasteiger partial charge is 0.492 e. The molecule has 0 saturated heterocycles. The van der Waals surface area contributed by atoms with Crippen LogP contribution in [-0.2, 0) is 11.2 Å². The molecule has 0 spiro atoms. The molecule has 0 saturated carbocycles. The van der Waals surface area contributed by atoms with Crippen LogP contribution in [0.3, 0.4) is 0 Å². The topological polar surface area (TPSA) is 48.4 Å². The van der Waals surface area contributed by atoms with Crippen LogP contribution in [-0.4, -0.2) is 17.6 Å². The molecule has 1 aromatic carbocycles. The first-order valence-corrected chi connectivity index (χ1v) is 13.1. The van der Waals surface area contributed by atoms with E-state index >= 15 is 0 Å². The van der Waals surface area contributed by atoms with Gasteiger partial charge < -0.3 is 9.47 Å². The minimum atomic E-state index is -0.396. The molecule has 0 N–H and O–H groups in total. The first-order chi connectivity index (χ1) is 16.2. The lowest BCUT2D eigenvalue weighted by Gasteiger charge is -2.17. The molecule has 1 atom stereocenters. The van der Waals surface area contributed by atoms with E-state index in [1.807, 2.05) is 6.92 Å². The summed E-state index contributed by atoms with van der Waals surface area (Å²) in [6.45, 7) is 7.15. The standard InChI is InChI=1S/C29H43NO3/c1-4-7-9-11-12-13-15-24-16-18-25(19-17-24)28(6-3)33-29(31)27-21-20-26(23-30-27)32-22-14-10-8-5-2/h16-21,23,28H,4-15,22H2,1-3H3. The molecule has 0 fully saturated rings. The minimum Gasteiger partial charge on any atom is -0.492 e. The van der Waals surface area contributed by atoms with Gasteiger partial charge in [-0.05, 0) is 48.9 Å². The smallest absolute Gasteiger partial charge is 0.357 e. The van der Waals surface area contributed by atoms with Gasteiger partial charge in [-0.3, -0.25) is 0 Å². The number of hydrogen-bond acceptors (Lipinski definition) is 4. The number of rotatable bonds is 17. The Morgan fingerprint density at radius 3 is 2.12 bits per heavy atom. The van der Waals surface area contributed by atoms with Crippen LogP contribution < -0.4 is 4.74 Å². The molecule has 4 nitrogen and oxygen atoms in total. The summed E-state index contributed by atoms with van der Waals surface area (Å²) in [6, 6.07) is 12.0. The average molecular weight is 454 g/mol. The first kappa shape index (κ1) is 26.9. The monoisotopic (exact) mass is 453 g/mol. The third kappa shape index (κ3) is 10.4. The average Bonchev–Trinajstić information content (AvgIpc) is 2.85. The summed E-state index contributed by atoms with van der Waals surface area (Å²) >= 11 is 0. The molecular weight excluding hydrogens is 410 g/mol. The predicted molar refractivity (Wildman–Crippen MR) is 136 cm³/mol. The maximum absolute atomic E-state index is 12.6. The second-order valence-corrected chi connectivity index (χ2v) is 8.85.